The second kappa shape index (κ2) is 6.98. The van der Waals surface area contributed by atoms with Gasteiger partial charge >= 0.3 is 5.97 Å². The Kier molecular flexibility index (Phi) is 5.01. The lowest BCUT2D eigenvalue weighted by molar-refractivity contribution is 0.0494. The average molecular weight is 260 g/mol. The van der Waals surface area contributed by atoms with Crippen LogP contribution >= 0.6 is 0 Å². The van der Waals surface area contributed by atoms with Gasteiger partial charge in [-0.25, -0.2) is 4.79 Å². The molecule has 0 atom stereocenters. The first-order valence-electron chi connectivity index (χ1n) is 6.83. The van der Waals surface area contributed by atoms with Crippen molar-refractivity contribution in [1.29, 1.82) is 0 Å². The van der Waals surface area contributed by atoms with E-state index in [2.05, 4.69) is 6.08 Å². The molecule has 0 spiro atoms. The third-order valence-electron chi connectivity index (χ3n) is 3.28. The maximum Gasteiger partial charge on any atom is 0.342 e. The number of rotatable bonds is 1. The van der Waals surface area contributed by atoms with E-state index in [1.807, 2.05) is 18.2 Å². The Labute approximate surface area is 114 Å². The Bertz CT molecular complexity index is 463. The number of fused-ring (bicyclic) bond motifs is 1. The van der Waals surface area contributed by atoms with Gasteiger partial charge in [-0.3, -0.25) is 0 Å². The first kappa shape index (κ1) is 13.7. The number of carbonyl (C=O) groups is 1. The number of methoxy groups -OCH3 is 1. The van der Waals surface area contributed by atoms with Crippen molar-refractivity contribution in [3.63, 3.8) is 0 Å². The summed E-state index contributed by atoms with van der Waals surface area (Å²) in [5.41, 5.74) is 1.40. The van der Waals surface area contributed by atoms with E-state index in [1.54, 1.807) is 13.2 Å². The van der Waals surface area contributed by atoms with Gasteiger partial charge in [-0.15, -0.1) is 0 Å². The Hall–Kier alpha value is -1.77. The van der Waals surface area contributed by atoms with Crippen LogP contribution in [0.2, 0.25) is 0 Å². The fourth-order valence-corrected chi connectivity index (χ4v) is 2.24. The van der Waals surface area contributed by atoms with E-state index in [0.29, 0.717) is 17.9 Å². The molecule has 0 aromatic heterocycles. The van der Waals surface area contributed by atoms with Crippen molar-refractivity contribution in [3.05, 3.63) is 35.4 Å². The SMILES string of the molecule is COc1cccc2c1C(=O)OCCCCCC/C=C/2. The molecule has 0 N–H and O–H groups in total. The number of allylic oxidation sites excluding steroid dienone is 1. The molecule has 0 aliphatic carbocycles. The van der Waals surface area contributed by atoms with Crippen molar-refractivity contribution in [1.82, 2.24) is 0 Å². The summed E-state index contributed by atoms with van der Waals surface area (Å²) < 4.78 is 10.6. The van der Waals surface area contributed by atoms with Gasteiger partial charge in [0, 0.05) is 0 Å². The molecular formula is C16H20O3. The van der Waals surface area contributed by atoms with Gasteiger partial charge in [0.15, 0.2) is 0 Å². The van der Waals surface area contributed by atoms with Gasteiger partial charge in [0.05, 0.1) is 13.7 Å². The molecule has 0 amide bonds. The van der Waals surface area contributed by atoms with Crippen LogP contribution in [0.4, 0.5) is 0 Å². The lowest BCUT2D eigenvalue weighted by Gasteiger charge is -2.12. The molecule has 1 heterocycles. The fraction of sp³-hybridized carbons (Fsp3) is 0.438. The topological polar surface area (TPSA) is 35.5 Å². The number of benzene rings is 1. The van der Waals surface area contributed by atoms with E-state index in [-0.39, 0.29) is 5.97 Å². The summed E-state index contributed by atoms with van der Waals surface area (Å²) in [5.74, 6) is 0.280. The van der Waals surface area contributed by atoms with Crippen LogP contribution in [0.15, 0.2) is 24.3 Å². The van der Waals surface area contributed by atoms with E-state index in [9.17, 15) is 4.79 Å². The summed E-state index contributed by atoms with van der Waals surface area (Å²) in [4.78, 5) is 12.2. The van der Waals surface area contributed by atoms with Crippen molar-refractivity contribution < 1.29 is 14.3 Å². The summed E-state index contributed by atoms with van der Waals surface area (Å²) in [5, 5.41) is 0. The highest BCUT2D eigenvalue weighted by atomic mass is 16.5. The highest BCUT2D eigenvalue weighted by molar-refractivity contribution is 5.96. The minimum absolute atomic E-state index is 0.294. The zero-order valence-corrected chi connectivity index (χ0v) is 11.4. The van der Waals surface area contributed by atoms with Gasteiger partial charge in [0.2, 0.25) is 0 Å². The standard InChI is InChI=1S/C16H20O3/c1-18-14-11-8-10-13-9-6-4-2-3-5-7-12-19-16(17)15(13)14/h6,8-11H,2-5,7,12H2,1H3/b9-6+. The molecule has 0 saturated heterocycles. The van der Waals surface area contributed by atoms with Crippen LogP contribution in [-0.2, 0) is 4.74 Å². The van der Waals surface area contributed by atoms with Crippen LogP contribution in [0.3, 0.4) is 0 Å². The summed E-state index contributed by atoms with van der Waals surface area (Å²) in [6, 6.07) is 5.60. The molecule has 3 nitrogen and oxygen atoms in total. The Morgan fingerprint density at radius 3 is 2.84 bits per heavy atom. The van der Waals surface area contributed by atoms with Crippen molar-refractivity contribution in [2.45, 2.75) is 32.1 Å². The van der Waals surface area contributed by atoms with Crippen LogP contribution < -0.4 is 4.74 Å². The fourth-order valence-electron chi connectivity index (χ4n) is 2.24. The Balaban J connectivity index is 2.34. The molecule has 2 rings (SSSR count). The van der Waals surface area contributed by atoms with Gasteiger partial charge in [-0.2, -0.15) is 0 Å². The van der Waals surface area contributed by atoms with Crippen LogP contribution in [0, 0.1) is 0 Å². The van der Waals surface area contributed by atoms with E-state index in [1.165, 1.54) is 12.8 Å². The predicted octanol–water partition coefficient (Wildman–Crippen LogP) is 3.83. The summed E-state index contributed by atoms with van der Waals surface area (Å²) in [6.07, 6.45) is 9.57. The highest BCUT2D eigenvalue weighted by Gasteiger charge is 2.17. The molecule has 102 valence electrons. The predicted molar refractivity (Wildman–Crippen MR) is 75.4 cm³/mol. The minimum atomic E-state index is -0.294. The van der Waals surface area contributed by atoms with Gasteiger partial charge in [-0.1, -0.05) is 37.1 Å². The maximum atomic E-state index is 12.2. The second-order valence-electron chi connectivity index (χ2n) is 4.67. The first-order valence-corrected chi connectivity index (χ1v) is 6.83. The summed E-state index contributed by atoms with van der Waals surface area (Å²) in [6.45, 7) is 0.486. The molecule has 0 bridgehead atoms. The number of cyclic esters (lactones) is 1. The molecule has 1 aliphatic rings. The molecule has 1 aromatic rings. The van der Waals surface area contributed by atoms with Crippen LogP contribution in [0.25, 0.3) is 6.08 Å². The maximum absolute atomic E-state index is 12.2. The van der Waals surface area contributed by atoms with Crippen LogP contribution in [0.5, 0.6) is 5.75 Å². The third-order valence-corrected chi connectivity index (χ3v) is 3.28. The largest absolute Gasteiger partial charge is 0.496 e. The number of hydrogen-bond acceptors (Lipinski definition) is 3. The van der Waals surface area contributed by atoms with E-state index < -0.39 is 0 Å². The number of carbonyl (C=O) groups excluding carboxylic acids is 1. The second-order valence-corrected chi connectivity index (χ2v) is 4.67. The lowest BCUT2D eigenvalue weighted by Crippen LogP contribution is -2.10. The molecule has 19 heavy (non-hydrogen) atoms. The van der Waals surface area contributed by atoms with Crippen molar-refractivity contribution in [2.24, 2.45) is 0 Å². The minimum Gasteiger partial charge on any atom is -0.496 e. The van der Waals surface area contributed by atoms with E-state index >= 15 is 0 Å². The summed E-state index contributed by atoms with van der Waals surface area (Å²) >= 11 is 0. The summed E-state index contributed by atoms with van der Waals surface area (Å²) in [7, 11) is 1.57. The smallest absolute Gasteiger partial charge is 0.342 e. The molecule has 1 aromatic carbocycles. The van der Waals surface area contributed by atoms with Gasteiger partial charge in [-0.05, 0) is 30.9 Å². The van der Waals surface area contributed by atoms with Crippen molar-refractivity contribution in [3.8, 4) is 5.75 Å². The highest BCUT2D eigenvalue weighted by Crippen LogP contribution is 2.25. The van der Waals surface area contributed by atoms with Crippen molar-refractivity contribution in [2.75, 3.05) is 13.7 Å². The molecule has 0 unspecified atom stereocenters. The zero-order chi connectivity index (χ0) is 13.5. The van der Waals surface area contributed by atoms with Crippen molar-refractivity contribution >= 4 is 12.0 Å². The van der Waals surface area contributed by atoms with Crippen LogP contribution in [0.1, 0.15) is 48.0 Å². The quantitative estimate of drug-likeness (QED) is 0.720. The number of hydrogen-bond donors (Lipinski definition) is 0. The molecule has 1 aliphatic heterocycles. The van der Waals surface area contributed by atoms with Gasteiger partial charge in [0.1, 0.15) is 11.3 Å². The molecule has 0 saturated carbocycles. The van der Waals surface area contributed by atoms with Gasteiger partial charge < -0.3 is 9.47 Å². The Morgan fingerprint density at radius 2 is 2.00 bits per heavy atom. The van der Waals surface area contributed by atoms with Gasteiger partial charge in [0.25, 0.3) is 0 Å². The molecule has 3 heteroatoms. The molecule has 0 fully saturated rings. The molecular weight excluding hydrogens is 240 g/mol. The Morgan fingerprint density at radius 1 is 1.16 bits per heavy atom. The third kappa shape index (κ3) is 3.60. The zero-order valence-electron chi connectivity index (χ0n) is 11.4. The number of ether oxygens (including phenoxy) is 2. The number of esters is 1. The normalized spacial score (nSPS) is 18.5. The first-order chi connectivity index (χ1) is 9.33. The molecule has 0 radical (unpaired) electrons. The lowest BCUT2D eigenvalue weighted by atomic mass is 10.0. The monoisotopic (exact) mass is 260 g/mol. The van der Waals surface area contributed by atoms with E-state index in [4.69, 9.17) is 9.47 Å². The average Bonchev–Trinajstić information content (AvgIpc) is 2.43. The van der Waals surface area contributed by atoms with Crippen LogP contribution in [-0.4, -0.2) is 19.7 Å². The van der Waals surface area contributed by atoms with E-state index in [0.717, 1.165) is 24.8 Å².